The Balaban J connectivity index is 1.84. The van der Waals surface area contributed by atoms with Crippen LogP contribution in [-0.2, 0) is 19.1 Å². The zero-order valence-electron chi connectivity index (χ0n) is 19.4. The summed E-state index contributed by atoms with van der Waals surface area (Å²) in [6.45, 7) is 7.50. The van der Waals surface area contributed by atoms with E-state index in [1.165, 1.54) is 9.80 Å². The van der Waals surface area contributed by atoms with E-state index in [0.29, 0.717) is 30.0 Å². The summed E-state index contributed by atoms with van der Waals surface area (Å²) >= 11 is 6.42. The molecule has 2 amide bonds. The van der Waals surface area contributed by atoms with Crippen LogP contribution in [0.3, 0.4) is 0 Å². The van der Waals surface area contributed by atoms with Gasteiger partial charge >= 0.3 is 5.97 Å². The minimum atomic E-state index is -1.26. The molecule has 4 rings (SSSR count). The van der Waals surface area contributed by atoms with Gasteiger partial charge in [0.1, 0.15) is 11.6 Å². The fourth-order valence-corrected chi connectivity index (χ4v) is 6.36. The third-order valence-corrected chi connectivity index (χ3v) is 7.65. The first-order valence-corrected chi connectivity index (χ1v) is 12.1. The second-order valence-electron chi connectivity index (χ2n) is 9.79. The summed E-state index contributed by atoms with van der Waals surface area (Å²) in [6, 6.07) is 5.18. The molecule has 1 spiro atoms. The number of amides is 2. The number of hydrogen-bond acceptors (Lipinski definition) is 5. The van der Waals surface area contributed by atoms with E-state index in [4.69, 9.17) is 16.3 Å². The molecule has 6 atom stereocenters. The van der Waals surface area contributed by atoms with Gasteiger partial charge in [0.2, 0.25) is 5.91 Å². The van der Waals surface area contributed by atoms with Crippen molar-refractivity contribution in [1.29, 1.82) is 0 Å². The van der Waals surface area contributed by atoms with Crippen molar-refractivity contribution in [2.24, 2.45) is 17.8 Å². The zero-order chi connectivity index (χ0) is 24.8. The molecule has 2 N–H and O–H groups in total. The number of halogens is 1. The minimum Gasteiger partial charge on any atom is -0.481 e. The summed E-state index contributed by atoms with van der Waals surface area (Å²) in [6.07, 6.45) is 2.27. The Morgan fingerprint density at radius 2 is 2.09 bits per heavy atom. The molecule has 8 nitrogen and oxygen atoms in total. The molecule has 34 heavy (non-hydrogen) atoms. The summed E-state index contributed by atoms with van der Waals surface area (Å²) in [7, 11) is 0. The van der Waals surface area contributed by atoms with Crippen molar-refractivity contribution in [3.8, 4) is 0 Å². The normalized spacial score (nSPS) is 30.5. The van der Waals surface area contributed by atoms with Crippen molar-refractivity contribution in [3.05, 3.63) is 41.9 Å². The number of carbonyl (C=O) groups excluding carboxylic acids is 2. The van der Waals surface area contributed by atoms with Gasteiger partial charge in [0.15, 0.2) is 0 Å². The van der Waals surface area contributed by atoms with E-state index in [1.807, 2.05) is 13.8 Å². The van der Waals surface area contributed by atoms with Crippen LogP contribution in [-0.4, -0.2) is 69.8 Å². The van der Waals surface area contributed by atoms with Crippen LogP contribution in [0.5, 0.6) is 0 Å². The lowest BCUT2D eigenvalue weighted by Crippen LogP contribution is -2.59. The molecular weight excluding hydrogens is 460 g/mol. The molecule has 9 heteroatoms. The first-order chi connectivity index (χ1) is 16.2. The molecular formula is C25H31ClN2O6. The van der Waals surface area contributed by atoms with Gasteiger partial charge < -0.3 is 24.7 Å². The molecule has 3 fully saturated rings. The highest BCUT2D eigenvalue weighted by Crippen LogP contribution is 2.59. The van der Waals surface area contributed by atoms with E-state index in [1.54, 1.807) is 30.3 Å². The molecule has 2 unspecified atom stereocenters. The number of aliphatic hydroxyl groups excluding tert-OH is 1. The summed E-state index contributed by atoms with van der Waals surface area (Å²) in [5.74, 6) is -3.82. The molecule has 3 aliphatic heterocycles. The number of hydrogen-bond donors (Lipinski definition) is 2. The molecule has 1 aromatic rings. The van der Waals surface area contributed by atoms with Gasteiger partial charge in [0.25, 0.3) is 5.91 Å². The highest BCUT2D eigenvalue weighted by molar-refractivity contribution is 6.34. The van der Waals surface area contributed by atoms with Crippen LogP contribution in [0.4, 0.5) is 5.69 Å². The predicted octanol–water partition coefficient (Wildman–Crippen LogP) is 2.73. The first kappa shape index (κ1) is 24.7. The van der Waals surface area contributed by atoms with Gasteiger partial charge in [-0.2, -0.15) is 0 Å². The number of carboxylic acids is 1. The molecule has 0 saturated carbocycles. The molecule has 3 saturated heterocycles. The number of likely N-dealkylation sites (tertiary alicyclic amines) is 1. The van der Waals surface area contributed by atoms with Gasteiger partial charge in [-0.05, 0) is 37.3 Å². The standard InChI is InChI=1S/C25H31ClN2O6/c1-4-11-27(17-8-6-5-7-16(17)26)23(31)21-25-10-9-18(34-25)19(24(32)33)20(25)22(30)28(21)15(13-29)12-14(2)3/h4-8,14-15,18-21,29H,1,9-13H2,2-3H3,(H,32,33)/t15-,18-,19+,20+,21?,25?/m1/s1. The van der Waals surface area contributed by atoms with Crippen LogP contribution < -0.4 is 4.90 Å². The minimum absolute atomic E-state index is 0.138. The summed E-state index contributed by atoms with van der Waals surface area (Å²) < 4.78 is 6.25. The highest BCUT2D eigenvalue weighted by Gasteiger charge is 2.75. The predicted molar refractivity (Wildman–Crippen MR) is 126 cm³/mol. The molecule has 3 aliphatic rings. The van der Waals surface area contributed by atoms with E-state index in [9.17, 15) is 24.6 Å². The molecule has 0 aliphatic carbocycles. The van der Waals surface area contributed by atoms with E-state index >= 15 is 0 Å². The maximum atomic E-state index is 14.3. The Labute approximate surface area is 204 Å². The number of carboxylic acid groups (broad SMARTS) is 1. The van der Waals surface area contributed by atoms with Crippen LogP contribution in [0.25, 0.3) is 0 Å². The second-order valence-corrected chi connectivity index (χ2v) is 10.2. The highest BCUT2D eigenvalue weighted by atomic mass is 35.5. The summed E-state index contributed by atoms with van der Waals surface area (Å²) in [5.41, 5.74) is -0.791. The number of aliphatic carboxylic acids is 1. The van der Waals surface area contributed by atoms with Gasteiger partial charge in [0, 0.05) is 6.54 Å². The number of aliphatic hydroxyl groups is 1. The third kappa shape index (κ3) is 3.72. The van der Waals surface area contributed by atoms with Crippen molar-refractivity contribution in [3.63, 3.8) is 0 Å². The average Bonchev–Trinajstić information content (AvgIpc) is 3.43. The first-order valence-electron chi connectivity index (χ1n) is 11.7. The number of carbonyl (C=O) groups is 3. The van der Waals surface area contributed by atoms with Gasteiger partial charge in [-0.25, -0.2) is 0 Å². The molecule has 3 heterocycles. The summed E-state index contributed by atoms with van der Waals surface area (Å²) in [4.78, 5) is 43.1. The van der Waals surface area contributed by atoms with Crippen molar-refractivity contribution in [2.45, 2.75) is 56.9 Å². The number of rotatable bonds is 9. The lowest BCUT2D eigenvalue weighted by molar-refractivity contribution is -0.151. The lowest BCUT2D eigenvalue weighted by Gasteiger charge is -2.39. The largest absolute Gasteiger partial charge is 0.481 e. The smallest absolute Gasteiger partial charge is 0.310 e. The molecule has 0 aromatic heterocycles. The topological polar surface area (TPSA) is 107 Å². The van der Waals surface area contributed by atoms with Crippen LogP contribution in [0.15, 0.2) is 36.9 Å². The number of para-hydroxylation sites is 1. The molecule has 1 aromatic carbocycles. The number of fused-ring (bicyclic) bond motifs is 1. The van der Waals surface area contributed by atoms with E-state index in [2.05, 4.69) is 6.58 Å². The second kappa shape index (κ2) is 9.32. The van der Waals surface area contributed by atoms with Crippen molar-refractivity contribution < 1.29 is 29.3 Å². The van der Waals surface area contributed by atoms with Gasteiger partial charge in [-0.3, -0.25) is 14.4 Å². The van der Waals surface area contributed by atoms with E-state index in [-0.39, 0.29) is 19.1 Å². The van der Waals surface area contributed by atoms with E-state index in [0.717, 1.165) is 0 Å². The molecule has 184 valence electrons. The monoisotopic (exact) mass is 490 g/mol. The van der Waals surface area contributed by atoms with Crippen LogP contribution >= 0.6 is 11.6 Å². The van der Waals surface area contributed by atoms with Crippen molar-refractivity contribution in [1.82, 2.24) is 4.90 Å². The average molecular weight is 491 g/mol. The van der Waals surface area contributed by atoms with Gasteiger partial charge in [0.05, 0.1) is 41.3 Å². The quantitative estimate of drug-likeness (QED) is 0.515. The maximum absolute atomic E-state index is 14.3. The van der Waals surface area contributed by atoms with Crippen molar-refractivity contribution >= 4 is 35.1 Å². The number of nitrogens with zero attached hydrogens (tertiary/aromatic N) is 2. The Morgan fingerprint density at radius 1 is 1.38 bits per heavy atom. The Bertz CT molecular complexity index is 999. The zero-order valence-corrected chi connectivity index (χ0v) is 20.1. The van der Waals surface area contributed by atoms with E-state index < -0.39 is 53.4 Å². The van der Waals surface area contributed by atoms with Gasteiger partial charge in [-0.1, -0.05) is 43.7 Å². The van der Waals surface area contributed by atoms with Crippen LogP contribution in [0.2, 0.25) is 5.02 Å². The number of ether oxygens (including phenoxy) is 1. The van der Waals surface area contributed by atoms with Crippen LogP contribution in [0.1, 0.15) is 33.1 Å². The SMILES string of the molecule is C=CCN(C(=O)C1N([C@@H](CO)CC(C)C)C(=O)[C@@H]2[C@@H](C(=O)O)[C@H]3CCC12O3)c1ccccc1Cl. The lowest BCUT2D eigenvalue weighted by atomic mass is 9.70. The van der Waals surface area contributed by atoms with Crippen LogP contribution in [0, 0.1) is 17.8 Å². The Kier molecular flexibility index (Phi) is 6.77. The number of anilines is 1. The fourth-order valence-electron chi connectivity index (χ4n) is 6.12. The van der Waals surface area contributed by atoms with Crippen molar-refractivity contribution in [2.75, 3.05) is 18.1 Å². The Hall–Kier alpha value is -2.42. The Morgan fingerprint density at radius 3 is 2.68 bits per heavy atom. The number of benzene rings is 1. The molecule has 0 radical (unpaired) electrons. The fraction of sp³-hybridized carbons (Fsp3) is 0.560. The maximum Gasteiger partial charge on any atom is 0.310 e. The molecule has 2 bridgehead atoms. The summed E-state index contributed by atoms with van der Waals surface area (Å²) in [5, 5.41) is 20.5. The third-order valence-electron chi connectivity index (χ3n) is 7.33. The van der Waals surface area contributed by atoms with Gasteiger partial charge in [-0.15, -0.1) is 6.58 Å².